The molecule has 2 N–H and O–H groups in total. The van der Waals surface area contributed by atoms with E-state index >= 15 is 0 Å². The van der Waals surface area contributed by atoms with Crippen LogP contribution < -0.4 is 15.5 Å². The lowest BCUT2D eigenvalue weighted by atomic mass is 10.0. The molecule has 1 unspecified atom stereocenters. The van der Waals surface area contributed by atoms with Crippen molar-refractivity contribution in [1.29, 1.82) is 0 Å². The minimum absolute atomic E-state index is 0.176. The highest BCUT2D eigenvalue weighted by atomic mass is 19.1. The first-order valence-electron chi connectivity index (χ1n) is 11.0. The van der Waals surface area contributed by atoms with Crippen LogP contribution in [-0.2, 0) is 11.4 Å². The Balaban J connectivity index is 1.52. The summed E-state index contributed by atoms with van der Waals surface area (Å²) >= 11 is 0. The van der Waals surface area contributed by atoms with Gasteiger partial charge in [0.25, 0.3) is 11.8 Å². The third-order valence-electron chi connectivity index (χ3n) is 5.10. The average molecular weight is 462 g/mol. The van der Waals surface area contributed by atoms with Gasteiger partial charge in [-0.15, -0.1) is 0 Å². The molecule has 34 heavy (non-hydrogen) atoms. The number of amides is 2. The van der Waals surface area contributed by atoms with Gasteiger partial charge in [-0.2, -0.15) is 5.10 Å². The number of benzene rings is 3. The van der Waals surface area contributed by atoms with Crippen molar-refractivity contribution < 1.29 is 18.7 Å². The Bertz CT molecular complexity index is 1140. The van der Waals surface area contributed by atoms with Crippen LogP contribution in [0, 0.1) is 18.7 Å². The number of hydrogen-bond acceptors (Lipinski definition) is 4. The molecule has 6 nitrogen and oxygen atoms in total. The third kappa shape index (κ3) is 7.27. The molecule has 0 aliphatic carbocycles. The fourth-order valence-corrected chi connectivity index (χ4v) is 3.22. The first-order valence-corrected chi connectivity index (χ1v) is 11.0. The molecule has 3 aromatic rings. The van der Waals surface area contributed by atoms with Gasteiger partial charge < -0.3 is 10.1 Å². The fraction of sp³-hybridized carbons (Fsp3) is 0.222. The Hall–Kier alpha value is -4.00. The zero-order valence-corrected chi connectivity index (χ0v) is 19.4. The summed E-state index contributed by atoms with van der Waals surface area (Å²) in [5.41, 5.74) is 5.80. The molecule has 0 bridgehead atoms. The Labute approximate surface area is 198 Å². The summed E-state index contributed by atoms with van der Waals surface area (Å²) in [6.07, 6.45) is 1.52. The first-order chi connectivity index (χ1) is 16.3. The Kier molecular flexibility index (Phi) is 8.51. The highest BCUT2D eigenvalue weighted by molar-refractivity contribution is 5.97. The van der Waals surface area contributed by atoms with Crippen LogP contribution >= 0.6 is 0 Å². The summed E-state index contributed by atoms with van der Waals surface area (Å²) < 4.78 is 18.9. The van der Waals surface area contributed by atoms with Gasteiger partial charge in [0.15, 0.2) is 0 Å². The quantitative estimate of drug-likeness (QED) is 0.361. The van der Waals surface area contributed by atoms with Crippen molar-refractivity contribution in [2.24, 2.45) is 11.0 Å². The lowest BCUT2D eigenvalue weighted by Crippen LogP contribution is -2.48. The van der Waals surface area contributed by atoms with E-state index in [0.717, 1.165) is 16.9 Å². The Morgan fingerprint density at radius 3 is 2.38 bits per heavy atom. The van der Waals surface area contributed by atoms with Crippen molar-refractivity contribution in [1.82, 2.24) is 10.7 Å². The van der Waals surface area contributed by atoms with Crippen LogP contribution in [-0.4, -0.2) is 24.1 Å². The normalized spacial score (nSPS) is 11.9. The maximum atomic E-state index is 13.1. The number of nitrogens with zero attached hydrogens (tertiary/aromatic N) is 1. The second-order valence-corrected chi connectivity index (χ2v) is 8.28. The zero-order chi connectivity index (χ0) is 24.5. The van der Waals surface area contributed by atoms with Crippen molar-refractivity contribution in [3.05, 3.63) is 101 Å². The molecule has 0 radical (unpaired) electrons. The van der Waals surface area contributed by atoms with Gasteiger partial charge in [0.05, 0.1) is 6.21 Å². The molecule has 0 saturated carbocycles. The van der Waals surface area contributed by atoms with Gasteiger partial charge in [0, 0.05) is 5.56 Å². The van der Waals surface area contributed by atoms with Gasteiger partial charge in [-0.25, -0.2) is 9.82 Å². The number of carbonyl (C=O) groups excluding carboxylic acids is 2. The van der Waals surface area contributed by atoms with Crippen LogP contribution in [0.2, 0.25) is 0 Å². The molecule has 0 aromatic heterocycles. The molecule has 0 aliphatic rings. The highest BCUT2D eigenvalue weighted by Crippen LogP contribution is 2.14. The second kappa shape index (κ2) is 11.7. The van der Waals surface area contributed by atoms with Crippen LogP contribution in [0.4, 0.5) is 4.39 Å². The van der Waals surface area contributed by atoms with Crippen molar-refractivity contribution in [3.8, 4) is 5.75 Å². The van der Waals surface area contributed by atoms with Crippen LogP contribution in [0.1, 0.15) is 40.9 Å². The van der Waals surface area contributed by atoms with Gasteiger partial charge in [0.1, 0.15) is 24.2 Å². The first kappa shape index (κ1) is 24.6. The summed E-state index contributed by atoms with van der Waals surface area (Å²) in [6.45, 7) is 6.15. The number of hydrogen-bond donors (Lipinski definition) is 2. The number of hydrazone groups is 1. The standard InChI is InChI=1S/C27H28FN3O3/c1-18(2)25(30-26(32)22-9-11-23(28)12-10-22)27(33)31-29-16-20-7-13-24(14-8-20)34-17-21-6-4-5-19(3)15-21/h4-16,18,25H,17H2,1-3H3,(H,30,32)(H,31,33)/b29-16+. The molecule has 0 spiro atoms. The number of nitrogens with one attached hydrogen (secondary N) is 2. The molecule has 7 heteroatoms. The van der Waals surface area contributed by atoms with E-state index in [0.29, 0.717) is 6.61 Å². The monoisotopic (exact) mass is 461 g/mol. The molecule has 3 aromatic carbocycles. The molecule has 2 amide bonds. The van der Waals surface area contributed by atoms with E-state index in [2.05, 4.69) is 21.9 Å². The lowest BCUT2D eigenvalue weighted by molar-refractivity contribution is -0.123. The van der Waals surface area contributed by atoms with Crippen molar-refractivity contribution in [3.63, 3.8) is 0 Å². The molecular formula is C27H28FN3O3. The third-order valence-corrected chi connectivity index (χ3v) is 5.10. The summed E-state index contributed by atoms with van der Waals surface area (Å²) in [4.78, 5) is 25.0. The molecule has 0 fully saturated rings. The molecular weight excluding hydrogens is 433 g/mol. The molecule has 0 aliphatic heterocycles. The molecule has 176 valence electrons. The van der Waals surface area contributed by atoms with Gasteiger partial charge in [-0.05, 0) is 72.5 Å². The number of rotatable bonds is 9. The van der Waals surface area contributed by atoms with Crippen LogP contribution in [0.15, 0.2) is 77.9 Å². The fourth-order valence-electron chi connectivity index (χ4n) is 3.22. The van der Waals surface area contributed by atoms with Gasteiger partial charge >= 0.3 is 0 Å². The molecule has 0 saturated heterocycles. The van der Waals surface area contributed by atoms with Crippen molar-refractivity contribution in [2.45, 2.75) is 33.4 Å². The maximum Gasteiger partial charge on any atom is 0.262 e. The van der Waals surface area contributed by atoms with Crippen molar-refractivity contribution >= 4 is 18.0 Å². The van der Waals surface area contributed by atoms with E-state index in [1.807, 2.05) is 63.2 Å². The molecule has 1 atom stereocenters. The van der Waals surface area contributed by atoms with E-state index in [-0.39, 0.29) is 11.5 Å². The Morgan fingerprint density at radius 1 is 1.03 bits per heavy atom. The summed E-state index contributed by atoms with van der Waals surface area (Å²) in [5.74, 6) is -0.788. The zero-order valence-electron chi connectivity index (χ0n) is 19.4. The van der Waals surface area contributed by atoms with Crippen LogP contribution in [0.3, 0.4) is 0 Å². The van der Waals surface area contributed by atoms with Crippen molar-refractivity contribution in [2.75, 3.05) is 0 Å². The number of ether oxygens (including phenoxy) is 1. The predicted octanol–water partition coefficient (Wildman–Crippen LogP) is 4.62. The number of halogens is 1. The summed E-state index contributed by atoms with van der Waals surface area (Å²) in [6, 6.07) is 19.8. The van der Waals surface area contributed by atoms with E-state index in [1.54, 1.807) is 0 Å². The average Bonchev–Trinajstić information content (AvgIpc) is 2.82. The van der Waals surface area contributed by atoms with E-state index in [9.17, 15) is 14.0 Å². The van der Waals surface area contributed by atoms with Crippen LogP contribution in [0.5, 0.6) is 5.75 Å². The van der Waals surface area contributed by atoms with Gasteiger partial charge in [-0.1, -0.05) is 43.7 Å². The SMILES string of the molecule is Cc1cccc(COc2ccc(/C=N/NC(=O)C(NC(=O)c3ccc(F)cc3)C(C)C)cc2)c1. The highest BCUT2D eigenvalue weighted by Gasteiger charge is 2.24. The van der Waals surface area contributed by atoms with Gasteiger partial charge in [-0.3, -0.25) is 9.59 Å². The van der Waals surface area contributed by atoms with E-state index in [4.69, 9.17) is 4.74 Å². The molecule has 0 heterocycles. The predicted molar refractivity (Wildman–Crippen MR) is 130 cm³/mol. The second-order valence-electron chi connectivity index (χ2n) is 8.28. The smallest absolute Gasteiger partial charge is 0.262 e. The lowest BCUT2D eigenvalue weighted by Gasteiger charge is -2.20. The van der Waals surface area contributed by atoms with Crippen LogP contribution in [0.25, 0.3) is 0 Å². The summed E-state index contributed by atoms with van der Waals surface area (Å²) in [5, 5.41) is 6.68. The Morgan fingerprint density at radius 2 is 1.74 bits per heavy atom. The maximum absolute atomic E-state index is 13.1. The van der Waals surface area contributed by atoms with E-state index in [1.165, 1.54) is 36.0 Å². The van der Waals surface area contributed by atoms with Gasteiger partial charge in [0.2, 0.25) is 0 Å². The summed E-state index contributed by atoms with van der Waals surface area (Å²) in [7, 11) is 0. The largest absolute Gasteiger partial charge is 0.489 e. The van der Waals surface area contributed by atoms with E-state index < -0.39 is 23.7 Å². The molecule has 3 rings (SSSR count). The minimum Gasteiger partial charge on any atom is -0.489 e. The topological polar surface area (TPSA) is 79.8 Å². The number of aryl methyl sites for hydroxylation is 1. The minimum atomic E-state index is -0.799. The number of carbonyl (C=O) groups is 2.